The van der Waals surface area contributed by atoms with E-state index in [1.165, 1.54) is 0 Å². The maximum Gasteiger partial charge on any atom is 0.338 e. The number of carbonyl (C=O) groups is 1. The van der Waals surface area contributed by atoms with Crippen molar-refractivity contribution in [3.63, 3.8) is 0 Å². The van der Waals surface area contributed by atoms with E-state index in [2.05, 4.69) is 10.6 Å². The number of thiocarbonyl (C=S) groups is 1. The maximum absolute atomic E-state index is 12.4. The number of benzene rings is 1. The second-order valence-corrected chi connectivity index (χ2v) is 6.46. The van der Waals surface area contributed by atoms with Crippen LogP contribution in [0.5, 0.6) is 0 Å². The fourth-order valence-electron chi connectivity index (χ4n) is 2.19. The van der Waals surface area contributed by atoms with E-state index >= 15 is 0 Å². The molecule has 0 spiro atoms. The van der Waals surface area contributed by atoms with Crippen molar-refractivity contribution >= 4 is 34.9 Å². The third kappa shape index (κ3) is 3.99. The Kier molecular flexibility index (Phi) is 5.42. The van der Waals surface area contributed by atoms with Gasteiger partial charge in [0.2, 0.25) is 0 Å². The van der Waals surface area contributed by atoms with Crippen molar-refractivity contribution in [2.75, 3.05) is 6.61 Å². The Bertz CT molecular complexity index is 611. The third-order valence-electron chi connectivity index (χ3n) is 3.24. The van der Waals surface area contributed by atoms with Gasteiger partial charge in [0.05, 0.1) is 18.2 Å². The molecule has 1 heterocycles. The minimum absolute atomic E-state index is 0.282. The van der Waals surface area contributed by atoms with Crippen molar-refractivity contribution in [2.45, 2.75) is 26.8 Å². The molecule has 4 nitrogen and oxygen atoms in total. The first-order valence-corrected chi connectivity index (χ1v) is 7.88. The van der Waals surface area contributed by atoms with Gasteiger partial charge in [-0.2, -0.15) is 0 Å². The van der Waals surface area contributed by atoms with Crippen molar-refractivity contribution in [3.8, 4) is 0 Å². The van der Waals surface area contributed by atoms with Gasteiger partial charge in [0.1, 0.15) is 0 Å². The molecule has 1 atom stereocenters. The van der Waals surface area contributed by atoms with Gasteiger partial charge in [0, 0.05) is 10.7 Å². The average Bonchev–Trinajstić information content (AvgIpc) is 2.44. The lowest BCUT2D eigenvalue weighted by atomic mass is 9.96. The van der Waals surface area contributed by atoms with Gasteiger partial charge in [-0.05, 0) is 42.8 Å². The summed E-state index contributed by atoms with van der Waals surface area (Å²) in [6.07, 6.45) is 0. The minimum atomic E-state index is -0.342. The molecule has 2 rings (SSSR count). The Labute approximate surface area is 140 Å². The average molecular weight is 339 g/mol. The molecule has 6 heteroatoms. The molecule has 22 heavy (non-hydrogen) atoms. The van der Waals surface area contributed by atoms with Crippen LogP contribution < -0.4 is 10.6 Å². The Balaban J connectivity index is 2.32. The highest BCUT2D eigenvalue weighted by Crippen LogP contribution is 2.28. The van der Waals surface area contributed by atoms with Crippen LogP contribution in [0.15, 0.2) is 35.5 Å². The summed E-state index contributed by atoms with van der Waals surface area (Å²) >= 11 is 11.1. The SMILES string of the molecule is CC1=C(C(=O)OCC(C)C)C(c2ccc(Cl)cc2)NC(=S)N1. The number of rotatable bonds is 4. The lowest BCUT2D eigenvalue weighted by molar-refractivity contribution is -0.140. The Morgan fingerprint density at radius 3 is 2.59 bits per heavy atom. The zero-order valence-electron chi connectivity index (χ0n) is 12.8. The quantitative estimate of drug-likeness (QED) is 0.651. The van der Waals surface area contributed by atoms with E-state index in [1.807, 2.05) is 32.9 Å². The predicted molar refractivity (Wildman–Crippen MR) is 91.6 cm³/mol. The van der Waals surface area contributed by atoms with Crippen molar-refractivity contribution in [3.05, 3.63) is 46.1 Å². The molecule has 0 bridgehead atoms. The molecular weight excluding hydrogens is 320 g/mol. The van der Waals surface area contributed by atoms with E-state index in [1.54, 1.807) is 12.1 Å². The summed E-state index contributed by atoms with van der Waals surface area (Å²) in [6.45, 7) is 6.20. The fraction of sp³-hybridized carbons (Fsp3) is 0.375. The summed E-state index contributed by atoms with van der Waals surface area (Å²) in [6, 6.07) is 6.98. The van der Waals surface area contributed by atoms with E-state index in [4.69, 9.17) is 28.6 Å². The van der Waals surface area contributed by atoms with Crippen LogP contribution in [0.3, 0.4) is 0 Å². The molecule has 118 valence electrons. The van der Waals surface area contributed by atoms with Gasteiger partial charge in [0.25, 0.3) is 0 Å². The van der Waals surface area contributed by atoms with Crippen LogP contribution in [0, 0.1) is 5.92 Å². The summed E-state index contributed by atoms with van der Waals surface area (Å²) in [5.41, 5.74) is 2.15. The first-order chi connectivity index (χ1) is 10.4. The molecular formula is C16H19ClN2O2S. The lowest BCUT2D eigenvalue weighted by Crippen LogP contribution is -2.45. The molecule has 1 aliphatic heterocycles. The lowest BCUT2D eigenvalue weighted by Gasteiger charge is -2.30. The number of allylic oxidation sites excluding steroid dienone is 1. The Morgan fingerprint density at radius 2 is 2.00 bits per heavy atom. The zero-order chi connectivity index (χ0) is 16.3. The highest BCUT2D eigenvalue weighted by Gasteiger charge is 2.30. The molecule has 0 aliphatic carbocycles. The summed E-state index contributed by atoms with van der Waals surface area (Å²) in [5, 5.41) is 7.23. The van der Waals surface area contributed by atoms with Gasteiger partial charge in [0.15, 0.2) is 5.11 Å². The molecule has 1 unspecified atom stereocenters. The van der Waals surface area contributed by atoms with Crippen LogP contribution >= 0.6 is 23.8 Å². The molecule has 1 aromatic carbocycles. The van der Waals surface area contributed by atoms with Gasteiger partial charge in [-0.25, -0.2) is 4.79 Å². The highest BCUT2D eigenvalue weighted by atomic mass is 35.5. The van der Waals surface area contributed by atoms with E-state index in [0.717, 1.165) is 5.56 Å². The summed E-state index contributed by atoms with van der Waals surface area (Å²) in [4.78, 5) is 12.4. The first kappa shape index (κ1) is 16.8. The van der Waals surface area contributed by atoms with E-state index in [0.29, 0.717) is 28.0 Å². The van der Waals surface area contributed by atoms with E-state index in [9.17, 15) is 4.79 Å². The maximum atomic E-state index is 12.4. The molecule has 0 aromatic heterocycles. The van der Waals surface area contributed by atoms with Crippen LogP contribution in [-0.4, -0.2) is 17.7 Å². The van der Waals surface area contributed by atoms with Crippen LogP contribution in [0.1, 0.15) is 32.4 Å². The Morgan fingerprint density at radius 1 is 1.36 bits per heavy atom. The molecule has 0 saturated carbocycles. The van der Waals surface area contributed by atoms with Crippen LogP contribution in [0.25, 0.3) is 0 Å². The molecule has 1 aliphatic rings. The van der Waals surface area contributed by atoms with E-state index < -0.39 is 0 Å². The summed E-state index contributed by atoms with van der Waals surface area (Å²) < 4.78 is 5.38. The largest absolute Gasteiger partial charge is 0.462 e. The van der Waals surface area contributed by atoms with Gasteiger partial charge in [-0.1, -0.05) is 37.6 Å². The molecule has 0 saturated heterocycles. The van der Waals surface area contributed by atoms with Crippen LogP contribution in [0.2, 0.25) is 5.02 Å². The van der Waals surface area contributed by atoms with Crippen LogP contribution in [0.4, 0.5) is 0 Å². The number of esters is 1. The monoisotopic (exact) mass is 338 g/mol. The van der Waals surface area contributed by atoms with Gasteiger partial charge in [-0.15, -0.1) is 0 Å². The summed E-state index contributed by atoms with van der Waals surface area (Å²) in [5.74, 6) is -0.0573. The fourth-order valence-corrected chi connectivity index (χ4v) is 2.59. The third-order valence-corrected chi connectivity index (χ3v) is 3.71. The molecule has 0 amide bonds. The topological polar surface area (TPSA) is 50.4 Å². The standard InChI is InChI=1S/C16H19ClN2O2S/c1-9(2)8-21-15(20)13-10(3)18-16(22)19-14(13)11-4-6-12(17)7-5-11/h4-7,9,14H,8H2,1-3H3,(H2,18,19,22). The molecule has 1 aromatic rings. The summed E-state index contributed by atoms with van der Waals surface area (Å²) in [7, 11) is 0. The van der Waals surface area contributed by atoms with Gasteiger partial charge < -0.3 is 15.4 Å². The minimum Gasteiger partial charge on any atom is -0.462 e. The van der Waals surface area contributed by atoms with Crippen molar-refractivity contribution < 1.29 is 9.53 Å². The number of hydrogen-bond acceptors (Lipinski definition) is 3. The molecule has 0 fully saturated rings. The second-order valence-electron chi connectivity index (χ2n) is 5.61. The smallest absolute Gasteiger partial charge is 0.338 e. The number of nitrogens with one attached hydrogen (secondary N) is 2. The zero-order valence-corrected chi connectivity index (χ0v) is 14.3. The molecule has 0 radical (unpaired) electrons. The second kappa shape index (κ2) is 7.11. The Hall–Kier alpha value is -1.59. The van der Waals surface area contributed by atoms with Gasteiger partial charge in [-0.3, -0.25) is 0 Å². The molecule has 2 N–H and O–H groups in total. The number of hydrogen-bond donors (Lipinski definition) is 2. The number of halogens is 1. The highest BCUT2D eigenvalue weighted by molar-refractivity contribution is 7.80. The van der Waals surface area contributed by atoms with Crippen molar-refractivity contribution in [1.82, 2.24) is 10.6 Å². The normalized spacial score (nSPS) is 18.0. The first-order valence-electron chi connectivity index (χ1n) is 7.09. The number of ether oxygens (including phenoxy) is 1. The van der Waals surface area contributed by atoms with E-state index in [-0.39, 0.29) is 17.9 Å². The van der Waals surface area contributed by atoms with Gasteiger partial charge >= 0.3 is 5.97 Å². The predicted octanol–water partition coefficient (Wildman–Crippen LogP) is 3.33. The van der Waals surface area contributed by atoms with Crippen molar-refractivity contribution in [2.24, 2.45) is 5.92 Å². The number of carbonyl (C=O) groups excluding carboxylic acids is 1. The van der Waals surface area contributed by atoms with Crippen LogP contribution in [-0.2, 0) is 9.53 Å². The van der Waals surface area contributed by atoms with Crippen molar-refractivity contribution in [1.29, 1.82) is 0 Å².